The number of thioether (sulfide) groups is 1. The number of nitrogens with one attached hydrogen (secondary N) is 2. The van der Waals surface area contributed by atoms with Crippen LogP contribution in [0.25, 0.3) is 0 Å². The van der Waals surface area contributed by atoms with E-state index >= 15 is 0 Å². The summed E-state index contributed by atoms with van der Waals surface area (Å²) in [6, 6.07) is 8.42. The Hall–Kier alpha value is -1.78. The van der Waals surface area contributed by atoms with Gasteiger partial charge in [-0.1, -0.05) is 41.9 Å². The number of thiocarbonyl (C=S) groups is 1. The summed E-state index contributed by atoms with van der Waals surface area (Å²) in [6.45, 7) is 0. The van der Waals surface area contributed by atoms with Crippen molar-refractivity contribution in [1.82, 2.24) is 10.6 Å². The van der Waals surface area contributed by atoms with Crippen molar-refractivity contribution in [2.75, 3.05) is 23.9 Å². The molecule has 0 aromatic heterocycles. The van der Waals surface area contributed by atoms with Gasteiger partial charge in [-0.05, 0) is 30.6 Å². The standard InChI is InChI=1S/C15H19N3O4S3/c1-22-15(21)17-14(23)16-13(20)11(9-12(19)24-2)18(25-3)10-7-5-4-6-8-10/h4-8,11H,9H2,1-3H3,(H2,16,17,20,21,23). The molecule has 10 heteroatoms. The summed E-state index contributed by atoms with van der Waals surface area (Å²) < 4.78 is 6.15. The number of nitrogens with zero attached hydrogens (tertiary/aromatic N) is 1. The van der Waals surface area contributed by atoms with Gasteiger partial charge in [-0.25, -0.2) is 4.79 Å². The number of ether oxygens (including phenoxy) is 1. The predicted molar refractivity (Wildman–Crippen MR) is 106 cm³/mol. The third-order valence-electron chi connectivity index (χ3n) is 3.02. The molecule has 0 bridgehead atoms. The average molecular weight is 402 g/mol. The number of carbonyl (C=O) groups excluding carboxylic acids is 3. The van der Waals surface area contributed by atoms with Crippen LogP contribution in [-0.2, 0) is 14.3 Å². The summed E-state index contributed by atoms with van der Waals surface area (Å²) in [5, 5.41) is 4.30. The monoisotopic (exact) mass is 401 g/mol. The number of methoxy groups -OCH3 is 1. The minimum absolute atomic E-state index is 0.0103. The molecule has 0 aliphatic carbocycles. The number of hydrogen-bond donors (Lipinski definition) is 2. The fourth-order valence-electron chi connectivity index (χ4n) is 1.88. The zero-order chi connectivity index (χ0) is 18.8. The summed E-state index contributed by atoms with van der Waals surface area (Å²) in [5.74, 6) is -0.498. The fraction of sp³-hybridized carbons (Fsp3) is 0.333. The first-order valence-corrected chi connectivity index (χ1v) is 9.89. The number of alkyl carbamates (subject to hydrolysis) is 1. The third kappa shape index (κ3) is 6.92. The summed E-state index contributed by atoms with van der Waals surface area (Å²) in [6.07, 6.45) is 2.67. The van der Waals surface area contributed by atoms with E-state index in [4.69, 9.17) is 12.2 Å². The van der Waals surface area contributed by atoms with Gasteiger partial charge in [0.1, 0.15) is 6.04 Å². The molecule has 1 rings (SSSR count). The van der Waals surface area contributed by atoms with E-state index in [0.717, 1.165) is 17.4 Å². The lowest BCUT2D eigenvalue weighted by Gasteiger charge is -2.30. The molecule has 2 N–H and O–H groups in total. The van der Waals surface area contributed by atoms with Crippen molar-refractivity contribution < 1.29 is 19.1 Å². The van der Waals surface area contributed by atoms with Crippen LogP contribution in [0.1, 0.15) is 6.42 Å². The largest absolute Gasteiger partial charge is 0.453 e. The second kappa shape index (κ2) is 11.0. The molecule has 0 spiro atoms. The van der Waals surface area contributed by atoms with Crippen molar-refractivity contribution in [3.8, 4) is 0 Å². The number of hydrogen-bond acceptors (Lipinski definition) is 8. The zero-order valence-electron chi connectivity index (χ0n) is 14.0. The molecule has 0 heterocycles. The minimum atomic E-state index is -0.797. The Morgan fingerprint density at radius 1 is 1.20 bits per heavy atom. The lowest BCUT2D eigenvalue weighted by Crippen LogP contribution is -2.50. The summed E-state index contributed by atoms with van der Waals surface area (Å²) in [7, 11) is 1.19. The molecule has 0 saturated carbocycles. The topological polar surface area (TPSA) is 87.7 Å². The molecule has 1 aromatic rings. The number of para-hydroxylation sites is 1. The maximum absolute atomic E-state index is 12.6. The highest BCUT2D eigenvalue weighted by atomic mass is 32.2. The van der Waals surface area contributed by atoms with E-state index in [-0.39, 0.29) is 16.6 Å². The van der Waals surface area contributed by atoms with Gasteiger partial charge in [0, 0.05) is 18.4 Å². The maximum atomic E-state index is 12.6. The number of anilines is 1. The smallest absolute Gasteiger partial charge is 0.413 e. The summed E-state index contributed by atoms with van der Waals surface area (Å²) in [5.41, 5.74) is 0.774. The molecule has 1 unspecified atom stereocenters. The van der Waals surface area contributed by atoms with Gasteiger partial charge in [-0.2, -0.15) is 0 Å². The van der Waals surface area contributed by atoms with Crippen LogP contribution in [-0.4, -0.2) is 47.9 Å². The van der Waals surface area contributed by atoms with E-state index < -0.39 is 18.0 Å². The highest BCUT2D eigenvalue weighted by Gasteiger charge is 2.29. The van der Waals surface area contributed by atoms with E-state index in [1.165, 1.54) is 19.1 Å². The van der Waals surface area contributed by atoms with Gasteiger partial charge < -0.3 is 14.4 Å². The van der Waals surface area contributed by atoms with Gasteiger partial charge in [-0.3, -0.25) is 14.9 Å². The molecule has 0 aliphatic rings. The van der Waals surface area contributed by atoms with Gasteiger partial charge >= 0.3 is 6.09 Å². The van der Waals surface area contributed by atoms with Gasteiger partial charge in [0.2, 0.25) is 5.91 Å². The molecular weight excluding hydrogens is 382 g/mol. The number of carbonyl (C=O) groups is 3. The van der Waals surface area contributed by atoms with Gasteiger partial charge in [-0.15, -0.1) is 0 Å². The number of amides is 2. The zero-order valence-corrected chi connectivity index (χ0v) is 16.4. The van der Waals surface area contributed by atoms with Crippen LogP contribution in [0, 0.1) is 0 Å². The van der Waals surface area contributed by atoms with Crippen molar-refractivity contribution in [2.24, 2.45) is 0 Å². The lowest BCUT2D eigenvalue weighted by molar-refractivity contribution is -0.123. The van der Waals surface area contributed by atoms with Crippen LogP contribution in [0.2, 0.25) is 0 Å². The molecule has 0 saturated heterocycles. The van der Waals surface area contributed by atoms with E-state index in [2.05, 4.69) is 15.4 Å². The Labute approximate surface area is 160 Å². The van der Waals surface area contributed by atoms with E-state index in [1.807, 2.05) is 36.6 Å². The Balaban J connectivity index is 2.98. The van der Waals surface area contributed by atoms with E-state index in [1.54, 1.807) is 10.6 Å². The molecule has 25 heavy (non-hydrogen) atoms. The molecule has 7 nitrogen and oxygen atoms in total. The van der Waals surface area contributed by atoms with Crippen molar-refractivity contribution in [2.45, 2.75) is 12.5 Å². The molecule has 1 aromatic carbocycles. The lowest BCUT2D eigenvalue weighted by atomic mass is 10.2. The van der Waals surface area contributed by atoms with Crippen LogP contribution in [0.4, 0.5) is 10.5 Å². The Morgan fingerprint density at radius 3 is 2.36 bits per heavy atom. The van der Waals surface area contributed by atoms with Gasteiger partial charge in [0.15, 0.2) is 10.2 Å². The van der Waals surface area contributed by atoms with Crippen LogP contribution in [0.15, 0.2) is 30.3 Å². The highest BCUT2D eigenvalue weighted by Crippen LogP contribution is 2.26. The second-order valence-corrected chi connectivity index (χ2v) is 6.61. The molecule has 136 valence electrons. The van der Waals surface area contributed by atoms with Gasteiger partial charge in [0.05, 0.1) is 7.11 Å². The molecule has 1 atom stereocenters. The SMILES string of the molecule is COC(=O)NC(=S)NC(=O)C(CC(=O)SC)N(SC)c1ccccc1. The molecule has 0 aliphatic heterocycles. The molecule has 0 radical (unpaired) electrons. The third-order valence-corrected chi connectivity index (χ3v) is 4.70. The second-order valence-electron chi connectivity index (χ2n) is 4.57. The van der Waals surface area contributed by atoms with Gasteiger partial charge in [0.25, 0.3) is 0 Å². The van der Waals surface area contributed by atoms with Crippen molar-refractivity contribution in [3.05, 3.63) is 30.3 Å². The number of rotatable bonds is 6. The predicted octanol–water partition coefficient (Wildman–Crippen LogP) is 2.18. The maximum Gasteiger partial charge on any atom is 0.413 e. The first-order chi connectivity index (χ1) is 11.9. The Kier molecular flexibility index (Phi) is 9.32. The van der Waals surface area contributed by atoms with E-state index in [9.17, 15) is 14.4 Å². The quantitative estimate of drug-likeness (QED) is 0.554. The number of benzene rings is 1. The van der Waals surface area contributed by atoms with Crippen LogP contribution in [0.3, 0.4) is 0 Å². The minimum Gasteiger partial charge on any atom is -0.453 e. The Bertz CT molecular complexity index is 628. The average Bonchev–Trinajstić information content (AvgIpc) is 2.61. The van der Waals surface area contributed by atoms with E-state index in [0.29, 0.717) is 0 Å². The fourth-order valence-corrected chi connectivity index (χ4v) is 3.15. The van der Waals surface area contributed by atoms with Crippen molar-refractivity contribution >= 4 is 63.8 Å². The first kappa shape index (κ1) is 21.3. The van der Waals surface area contributed by atoms with Crippen molar-refractivity contribution in [3.63, 3.8) is 0 Å². The highest BCUT2D eigenvalue weighted by molar-refractivity contribution is 8.13. The summed E-state index contributed by atoms with van der Waals surface area (Å²) in [4.78, 5) is 35.7. The van der Waals surface area contributed by atoms with Crippen LogP contribution >= 0.6 is 35.9 Å². The van der Waals surface area contributed by atoms with Crippen LogP contribution < -0.4 is 14.9 Å². The Morgan fingerprint density at radius 2 is 1.84 bits per heavy atom. The van der Waals surface area contributed by atoms with Crippen LogP contribution in [0.5, 0.6) is 0 Å². The normalized spacial score (nSPS) is 11.2. The molecule has 0 fully saturated rings. The van der Waals surface area contributed by atoms with Crippen molar-refractivity contribution in [1.29, 1.82) is 0 Å². The molecule has 2 amide bonds. The summed E-state index contributed by atoms with van der Waals surface area (Å²) >= 11 is 7.28. The first-order valence-electron chi connectivity index (χ1n) is 7.08. The molecular formula is C15H19N3O4S3.